The summed E-state index contributed by atoms with van der Waals surface area (Å²) in [7, 11) is 0. The van der Waals surface area contributed by atoms with Gasteiger partial charge in [-0.15, -0.1) is 0 Å². The van der Waals surface area contributed by atoms with E-state index < -0.39 is 11.4 Å². The average molecular weight is 267 g/mol. The number of aryl methyl sites for hydroxylation is 1. The van der Waals surface area contributed by atoms with Crippen LogP contribution in [0.2, 0.25) is 0 Å². The van der Waals surface area contributed by atoms with E-state index in [1.165, 1.54) is 0 Å². The van der Waals surface area contributed by atoms with E-state index in [4.69, 9.17) is 4.42 Å². The van der Waals surface area contributed by atoms with E-state index >= 15 is 0 Å². The van der Waals surface area contributed by atoms with Gasteiger partial charge in [-0.05, 0) is 33.3 Å². The van der Waals surface area contributed by atoms with Gasteiger partial charge in [0.15, 0.2) is 0 Å². The van der Waals surface area contributed by atoms with Crippen LogP contribution in [0.3, 0.4) is 0 Å². The third-order valence-corrected chi connectivity index (χ3v) is 4.71. The fraction of sp³-hybridized carbons (Fsp3) is 0.643. The molecule has 0 saturated heterocycles. The van der Waals surface area contributed by atoms with Crippen molar-refractivity contribution in [2.75, 3.05) is 0 Å². The highest BCUT2D eigenvalue weighted by atomic mass is 32.2. The van der Waals surface area contributed by atoms with Crippen molar-refractivity contribution in [1.29, 1.82) is 0 Å². The molecule has 0 radical (unpaired) electrons. The maximum absolute atomic E-state index is 12.2. The summed E-state index contributed by atoms with van der Waals surface area (Å²) in [5.41, 5.74) is 1.91. The fourth-order valence-electron chi connectivity index (χ4n) is 2.05. The molecule has 1 aliphatic carbocycles. The highest BCUT2D eigenvalue weighted by Crippen LogP contribution is 2.37. The number of fused-ring (bicyclic) bond motifs is 1. The molecule has 1 aromatic heterocycles. The molecule has 1 aromatic rings. The molecule has 0 spiro atoms. The molecule has 0 N–H and O–H groups in total. The van der Waals surface area contributed by atoms with Gasteiger partial charge >= 0.3 is 0 Å². The van der Waals surface area contributed by atoms with E-state index in [0.717, 1.165) is 29.9 Å². The van der Waals surface area contributed by atoms with E-state index in [9.17, 15) is 4.55 Å². The van der Waals surface area contributed by atoms with E-state index in [1.807, 2.05) is 26.8 Å². The van der Waals surface area contributed by atoms with Crippen LogP contribution in [-0.4, -0.2) is 15.0 Å². The van der Waals surface area contributed by atoms with Gasteiger partial charge in [0.25, 0.3) is 0 Å². The summed E-state index contributed by atoms with van der Waals surface area (Å²) in [4.78, 5) is 0. The smallest absolute Gasteiger partial charge is 0.144 e. The van der Waals surface area contributed by atoms with Crippen molar-refractivity contribution in [2.45, 2.75) is 52.2 Å². The molecule has 100 valence electrons. The predicted octanol–water partition coefficient (Wildman–Crippen LogP) is 3.50. The maximum atomic E-state index is 12.2. The van der Waals surface area contributed by atoms with Crippen LogP contribution < -0.4 is 0 Å². The molecule has 3 nitrogen and oxygen atoms in total. The number of rotatable bonds is 1. The first kappa shape index (κ1) is 13.7. The molecule has 0 bridgehead atoms. The molecule has 18 heavy (non-hydrogen) atoms. The van der Waals surface area contributed by atoms with Gasteiger partial charge in [-0.3, -0.25) is 0 Å². The summed E-state index contributed by atoms with van der Waals surface area (Å²) < 4.78 is 21.9. The molecule has 0 saturated carbocycles. The Bertz CT molecular complexity index is 468. The van der Waals surface area contributed by atoms with Crippen molar-refractivity contribution in [3.8, 4) is 0 Å². The van der Waals surface area contributed by atoms with Gasteiger partial charge in [-0.1, -0.05) is 18.2 Å². The Kier molecular flexibility index (Phi) is 3.36. The van der Waals surface area contributed by atoms with Crippen LogP contribution in [0.25, 0.3) is 0 Å². The summed E-state index contributed by atoms with van der Waals surface area (Å²) in [6.07, 6.45) is 3.60. The zero-order valence-electron chi connectivity index (χ0n) is 11.7. The SMILES string of the molecule is CC1(C)CCc2occc2C1=N[S@+]([O-])C(C)(C)C. The van der Waals surface area contributed by atoms with Gasteiger partial charge in [-0.2, -0.15) is 0 Å². The quantitative estimate of drug-likeness (QED) is 0.731. The molecule has 0 aliphatic heterocycles. The second-order valence-corrected chi connectivity index (χ2v) is 8.35. The monoisotopic (exact) mass is 267 g/mol. The topological polar surface area (TPSA) is 48.6 Å². The van der Waals surface area contributed by atoms with Gasteiger partial charge in [0.1, 0.15) is 27.6 Å². The number of nitrogens with zero attached hydrogens (tertiary/aromatic N) is 1. The Morgan fingerprint density at radius 1 is 1.39 bits per heavy atom. The molecule has 0 aromatic carbocycles. The zero-order valence-corrected chi connectivity index (χ0v) is 12.6. The van der Waals surface area contributed by atoms with Crippen LogP contribution in [0.1, 0.15) is 52.4 Å². The molecule has 0 amide bonds. The second kappa shape index (κ2) is 4.42. The third-order valence-electron chi connectivity index (χ3n) is 3.32. The lowest BCUT2D eigenvalue weighted by atomic mass is 9.75. The van der Waals surface area contributed by atoms with Crippen LogP contribution in [-0.2, 0) is 17.8 Å². The Morgan fingerprint density at radius 2 is 2.06 bits per heavy atom. The first-order chi connectivity index (χ1) is 8.22. The van der Waals surface area contributed by atoms with Crippen LogP contribution in [0, 0.1) is 5.41 Å². The lowest BCUT2D eigenvalue weighted by molar-refractivity contribution is 0.415. The Labute approximate surface area is 112 Å². The average Bonchev–Trinajstić information content (AvgIpc) is 2.68. The van der Waals surface area contributed by atoms with Crippen molar-refractivity contribution in [2.24, 2.45) is 9.81 Å². The molecule has 2 rings (SSSR count). The standard InChI is InChI=1S/C14H21NO2S/c1-13(2,3)18(16)15-12-10-7-9-17-11(10)6-8-14(12,4)5/h7,9H,6,8H2,1-5H3/t18-/m1/s1. The summed E-state index contributed by atoms with van der Waals surface area (Å²) in [6, 6.07) is 1.94. The van der Waals surface area contributed by atoms with Crippen LogP contribution in [0.4, 0.5) is 0 Å². The fourth-order valence-corrected chi connectivity index (χ4v) is 2.83. The minimum atomic E-state index is -1.23. The first-order valence-corrected chi connectivity index (χ1v) is 7.40. The minimum absolute atomic E-state index is 0.0439. The molecule has 0 unspecified atom stereocenters. The number of furan rings is 1. The summed E-state index contributed by atoms with van der Waals surface area (Å²) in [5.74, 6) is 0.971. The Hall–Kier alpha value is -0.740. The molecule has 1 heterocycles. The summed E-state index contributed by atoms with van der Waals surface area (Å²) in [6.45, 7) is 10.1. The van der Waals surface area contributed by atoms with Gasteiger partial charge in [-0.25, -0.2) is 0 Å². The normalized spacial score (nSPS) is 22.9. The minimum Gasteiger partial charge on any atom is -0.591 e. The maximum Gasteiger partial charge on any atom is 0.144 e. The lowest BCUT2D eigenvalue weighted by Gasteiger charge is -2.31. The highest BCUT2D eigenvalue weighted by molar-refractivity contribution is 7.91. The van der Waals surface area contributed by atoms with Crippen LogP contribution >= 0.6 is 0 Å². The molecular weight excluding hydrogens is 246 g/mol. The van der Waals surface area contributed by atoms with Gasteiger partial charge in [0.2, 0.25) is 0 Å². The number of hydrogen-bond acceptors (Lipinski definition) is 3. The van der Waals surface area contributed by atoms with E-state index in [-0.39, 0.29) is 10.2 Å². The van der Waals surface area contributed by atoms with E-state index in [1.54, 1.807) is 6.26 Å². The van der Waals surface area contributed by atoms with E-state index in [0.29, 0.717) is 0 Å². The molecule has 0 fully saturated rings. The first-order valence-electron chi connectivity index (χ1n) is 6.30. The van der Waals surface area contributed by atoms with Crippen molar-refractivity contribution < 1.29 is 8.97 Å². The Balaban J connectivity index is 2.45. The van der Waals surface area contributed by atoms with Gasteiger partial charge in [0.05, 0.1) is 6.26 Å². The summed E-state index contributed by atoms with van der Waals surface area (Å²) >= 11 is -1.23. The molecular formula is C14H21NO2S. The van der Waals surface area contributed by atoms with Crippen molar-refractivity contribution >= 4 is 17.1 Å². The second-order valence-electron chi connectivity index (χ2n) is 6.44. The van der Waals surface area contributed by atoms with E-state index in [2.05, 4.69) is 18.2 Å². The third kappa shape index (κ3) is 2.50. The summed E-state index contributed by atoms with van der Waals surface area (Å²) in [5, 5.41) is 0. The molecule has 1 aliphatic rings. The lowest BCUT2D eigenvalue weighted by Crippen LogP contribution is -2.34. The highest BCUT2D eigenvalue weighted by Gasteiger charge is 2.37. The van der Waals surface area contributed by atoms with Crippen LogP contribution in [0.5, 0.6) is 0 Å². The largest absolute Gasteiger partial charge is 0.591 e. The number of hydrogen-bond donors (Lipinski definition) is 0. The van der Waals surface area contributed by atoms with Gasteiger partial charge in [0, 0.05) is 17.4 Å². The molecule has 1 atom stereocenters. The van der Waals surface area contributed by atoms with Gasteiger partial charge < -0.3 is 8.97 Å². The van der Waals surface area contributed by atoms with Crippen LogP contribution in [0.15, 0.2) is 21.1 Å². The Morgan fingerprint density at radius 3 is 2.67 bits per heavy atom. The van der Waals surface area contributed by atoms with Crippen molar-refractivity contribution in [3.63, 3.8) is 0 Å². The predicted molar refractivity (Wildman–Crippen MR) is 75.2 cm³/mol. The molecule has 4 heteroatoms. The van der Waals surface area contributed by atoms with Crippen molar-refractivity contribution in [1.82, 2.24) is 0 Å². The zero-order chi connectivity index (χ0) is 13.6. The van der Waals surface area contributed by atoms with Crippen molar-refractivity contribution in [3.05, 3.63) is 23.7 Å².